The zero-order valence-electron chi connectivity index (χ0n) is 15.8. The predicted octanol–water partition coefficient (Wildman–Crippen LogP) is 0.362. The molecule has 0 bridgehead atoms. The van der Waals surface area contributed by atoms with Crippen LogP contribution in [0.5, 0.6) is 0 Å². The van der Waals surface area contributed by atoms with Crippen molar-refractivity contribution in [3.05, 3.63) is 33.9 Å². The molecule has 0 aromatic heterocycles. The highest BCUT2D eigenvalue weighted by molar-refractivity contribution is 5.97. The summed E-state index contributed by atoms with van der Waals surface area (Å²) in [6, 6.07) is 4.44. The average Bonchev–Trinajstić information content (AvgIpc) is 2.73. The number of nitrogens with zero attached hydrogens (tertiary/aromatic N) is 4. The van der Waals surface area contributed by atoms with Gasteiger partial charge in [0.25, 0.3) is 11.6 Å². The van der Waals surface area contributed by atoms with E-state index in [9.17, 15) is 19.7 Å². The zero-order valence-corrected chi connectivity index (χ0v) is 15.8. The number of nitro groups is 1. The minimum Gasteiger partial charge on any atom is -0.378 e. The fraction of sp³-hybridized carbons (Fsp3) is 0.556. The lowest BCUT2D eigenvalue weighted by molar-refractivity contribution is -0.384. The van der Waals surface area contributed by atoms with Crippen LogP contribution < -0.4 is 4.90 Å². The van der Waals surface area contributed by atoms with Crippen molar-refractivity contribution in [1.82, 2.24) is 9.80 Å². The summed E-state index contributed by atoms with van der Waals surface area (Å²) in [5.41, 5.74) is 0.526. The summed E-state index contributed by atoms with van der Waals surface area (Å²) >= 11 is 0. The Hall–Kier alpha value is -2.72. The van der Waals surface area contributed by atoms with E-state index in [0.717, 1.165) is 0 Å². The smallest absolute Gasteiger partial charge is 0.293 e. The molecule has 0 spiro atoms. The lowest BCUT2D eigenvalue weighted by atomic mass is 10.1. The molecule has 3 rings (SSSR count). The van der Waals surface area contributed by atoms with Gasteiger partial charge in [0.2, 0.25) is 5.91 Å². The molecule has 2 saturated heterocycles. The van der Waals surface area contributed by atoms with Gasteiger partial charge in [-0.05, 0) is 12.1 Å². The van der Waals surface area contributed by atoms with Crippen molar-refractivity contribution in [2.24, 2.45) is 0 Å². The van der Waals surface area contributed by atoms with E-state index in [4.69, 9.17) is 9.47 Å². The van der Waals surface area contributed by atoms with Gasteiger partial charge in [-0.15, -0.1) is 0 Å². The van der Waals surface area contributed by atoms with Crippen LogP contribution in [0, 0.1) is 10.1 Å². The normalized spacial score (nSPS) is 17.3. The second-order valence-electron chi connectivity index (χ2n) is 6.71. The number of carbonyl (C=O) groups is 2. The summed E-state index contributed by atoms with van der Waals surface area (Å²) < 4.78 is 10.5. The maximum absolute atomic E-state index is 12.7. The second-order valence-corrected chi connectivity index (χ2v) is 6.71. The summed E-state index contributed by atoms with van der Waals surface area (Å²) in [6.45, 7) is 4.01. The van der Waals surface area contributed by atoms with Crippen molar-refractivity contribution in [2.45, 2.75) is 0 Å². The fourth-order valence-electron chi connectivity index (χ4n) is 3.28. The second kappa shape index (κ2) is 8.98. The summed E-state index contributed by atoms with van der Waals surface area (Å²) in [5.74, 6) is -0.600. The molecule has 0 saturated carbocycles. The quantitative estimate of drug-likeness (QED) is 0.526. The van der Waals surface area contributed by atoms with Gasteiger partial charge in [-0.1, -0.05) is 0 Å². The standard InChI is InChI=1S/C18H24N4O6/c1-19(13-17(23)21-6-10-28-11-7-21)18(24)14-2-3-15(16(12-14)22(25)26)20-4-8-27-9-5-20/h2-3,12H,4-11,13H2,1H3. The van der Waals surface area contributed by atoms with Gasteiger partial charge >= 0.3 is 0 Å². The number of amides is 2. The SMILES string of the molecule is CN(CC(=O)N1CCOCC1)C(=O)c1ccc(N2CCOCC2)c([N+](=O)[O-])c1. The van der Waals surface area contributed by atoms with Crippen LogP contribution in [0.15, 0.2) is 18.2 Å². The van der Waals surface area contributed by atoms with E-state index < -0.39 is 10.8 Å². The van der Waals surface area contributed by atoms with Crippen molar-refractivity contribution in [2.75, 3.05) is 71.1 Å². The van der Waals surface area contributed by atoms with Crippen LogP contribution in [-0.2, 0) is 14.3 Å². The highest BCUT2D eigenvalue weighted by atomic mass is 16.6. The summed E-state index contributed by atoms with van der Waals surface area (Å²) in [4.78, 5) is 40.9. The Balaban J connectivity index is 1.72. The van der Waals surface area contributed by atoms with E-state index in [1.165, 1.54) is 18.0 Å². The molecule has 0 unspecified atom stereocenters. The van der Waals surface area contributed by atoms with Gasteiger partial charge in [-0.3, -0.25) is 19.7 Å². The van der Waals surface area contributed by atoms with E-state index in [1.54, 1.807) is 17.0 Å². The van der Waals surface area contributed by atoms with E-state index in [1.807, 2.05) is 4.90 Å². The number of anilines is 1. The van der Waals surface area contributed by atoms with E-state index in [-0.39, 0.29) is 23.7 Å². The first-order valence-electron chi connectivity index (χ1n) is 9.19. The molecule has 1 aromatic rings. The topological polar surface area (TPSA) is 105 Å². The molecule has 2 fully saturated rings. The Kier molecular flexibility index (Phi) is 6.42. The van der Waals surface area contributed by atoms with E-state index >= 15 is 0 Å². The first kappa shape index (κ1) is 20.0. The van der Waals surface area contributed by atoms with Crippen LogP contribution in [-0.4, -0.2) is 92.7 Å². The number of carbonyl (C=O) groups excluding carboxylic acids is 2. The first-order chi connectivity index (χ1) is 13.5. The number of rotatable bonds is 5. The minimum atomic E-state index is -0.486. The monoisotopic (exact) mass is 392 g/mol. The van der Waals surface area contributed by atoms with Gasteiger partial charge in [0.05, 0.1) is 37.9 Å². The summed E-state index contributed by atoms with van der Waals surface area (Å²) in [6.07, 6.45) is 0. The summed E-state index contributed by atoms with van der Waals surface area (Å²) in [7, 11) is 1.52. The highest BCUT2D eigenvalue weighted by Crippen LogP contribution is 2.30. The number of ether oxygens (including phenoxy) is 2. The van der Waals surface area contributed by atoms with Gasteiger partial charge in [0.15, 0.2) is 0 Å². The van der Waals surface area contributed by atoms with Crippen LogP contribution in [0.4, 0.5) is 11.4 Å². The third-order valence-corrected chi connectivity index (χ3v) is 4.85. The van der Waals surface area contributed by atoms with Crippen molar-refractivity contribution in [1.29, 1.82) is 0 Å². The van der Waals surface area contributed by atoms with Crippen molar-refractivity contribution in [3.63, 3.8) is 0 Å². The molecule has 0 radical (unpaired) electrons. The van der Waals surface area contributed by atoms with Gasteiger partial charge in [0.1, 0.15) is 5.69 Å². The van der Waals surface area contributed by atoms with Crippen LogP contribution in [0.1, 0.15) is 10.4 Å². The van der Waals surface area contributed by atoms with Crippen LogP contribution in [0.25, 0.3) is 0 Å². The fourth-order valence-corrected chi connectivity index (χ4v) is 3.28. The molecular formula is C18H24N4O6. The molecule has 152 valence electrons. The highest BCUT2D eigenvalue weighted by Gasteiger charge is 2.26. The van der Waals surface area contributed by atoms with Crippen molar-refractivity contribution >= 4 is 23.2 Å². The van der Waals surface area contributed by atoms with Crippen LogP contribution in [0.2, 0.25) is 0 Å². The third kappa shape index (κ3) is 4.57. The number of nitro benzene ring substituents is 1. The molecule has 10 nitrogen and oxygen atoms in total. The van der Waals surface area contributed by atoms with Crippen molar-refractivity contribution in [3.8, 4) is 0 Å². The molecule has 0 atom stereocenters. The number of benzene rings is 1. The average molecular weight is 392 g/mol. The Morgan fingerprint density at radius 2 is 1.71 bits per heavy atom. The Morgan fingerprint density at radius 3 is 2.32 bits per heavy atom. The molecule has 0 aliphatic carbocycles. The largest absolute Gasteiger partial charge is 0.378 e. The molecule has 2 heterocycles. The van der Waals surface area contributed by atoms with Crippen molar-refractivity contribution < 1.29 is 24.0 Å². The van der Waals surface area contributed by atoms with Crippen LogP contribution >= 0.6 is 0 Å². The number of hydrogen-bond donors (Lipinski definition) is 0. The molecule has 1 aromatic carbocycles. The lowest BCUT2D eigenvalue weighted by Gasteiger charge is -2.29. The van der Waals surface area contributed by atoms with Gasteiger partial charge in [-0.2, -0.15) is 0 Å². The predicted molar refractivity (Wildman–Crippen MR) is 100 cm³/mol. The van der Waals surface area contributed by atoms with E-state index in [0.29, 0.717) is 58.3 Å². The Labute approximate surface area is 162 Å². The molecule has 2 aliphatic heterocycles. The molecule has 0 N–H and O–H groups in total. The maximum atomic E-state index is 12.7. The van der Waals surface area contributed by atoms with Gasteiger partial charge in [-0.25, -0.2) is 0 Å². The zero-order chi connectivity index (χ0) is 20.1. The molecular weight excluding hydrogens is 368 g/mol. The minimum absolute atomic E-state index is 0.0855. The Bertz CT molecular complexity index is 744. The summed E-state index contributed by atoms with van der Waals surface area (Å²) in [5, 5.41) is 11.5. The molecule has 2 amide bonds. The first-order valence-corrected chi connectivity index (χ1v) is 9.19. The molecule has 2 aliphatic rings. The maximum Gasteiger partial charge on any atom is 0.293 e. The molecule has 28 heavy (non-hydrogen) atoms. The molecule has 10 heteroatoms. The number of likely N-dealkylation sites (N-methyl/N-ethyl adjacent to an activating group) is 1. The Morgan fingerprint density at radius 1 is 1.11 bits per heavy atom. The van der Waals surface area contributed by atoms with Gasteiger partial charge in [0, 0.05) is 44.9 Å². The van der Waals surface area contributed by atoms with Crippen LogP contribution in [0.3, 0.4) is 0 Å². The van der Waals surface area contributed by atoms with E-state index in [2.05, 4.69) is 0 Å². The van der Waals surface area contributed by atoms with Gasteiger partial charge < -0.3 is 24.2 Å². The third-order valence-electron chi connectivity index (χ3n) is 4.85. The number of morpholine rings is 2. The number of hydrogen-bond acceptors (Lipinski definition) is 7. The lowest BCUT2D eigenvalue weighted by Crippen LogP contribution is -2.46.